The molecule has 0 radical (unpaired) electrons. The lowest BCUT2D eigenvalue weighted by molar-refractivity contribution is -0.167. The van der Waals surface area contributed by atoms with Gasteiger partial charge in [-0.1, -0.05) is 28.1 Å². The van der Waals surface area contributed by atoms with Crippen LogP contribution in [0.5, 0.6) is 0 Å². The number of rotatable bonds is 3. The summed E-state index contributed by atoms with van der Waals surface area (Å²) in [5.74, 6) is -2.93. The molecule has 0 amide bonds. The molecular weight excluding hydrogens is 290 g/mol. The minimum absolute atomic E-state index is 0.564. The van der Waals surface area contributed by atoms with Crippen LogP contribution in [0.2, 0.25) is 0 Å². The lowest BCUT2D eigenvalue weighted by atomic mass is 10.0. The molecule has 6 heteroatoms. The van der Waals surface area contributed by atoms with Gasteiger partial charge in [0.25, 0.3) is 0 Å². The Morgan fingerprint density at radius 1 is 1.35 bits per heavy atom. The third-order valence-corrected chi connectivity index (χ3v) is 2.76. The second-order valence-corrected chi connectivity index (χ2v) is 4.41. The van der Waals surface area contributed by atoms with Crippen LogP contribution < -0.4 is 5.73 Å². The number of hydrogen-bond acceptors (Lipinski definition) is 4. The topological polar surface area (TPSA) is 89.6 Å². The summed E-state index contributed by atoms with van der Waals surface area (Å²) in [6.45, 7) is 1.55. The molecule has 0 aliphatic carbocycles. The van der Waals surface area contributed by atoms with Crippen molar-refractivity contribution in [3.05, 3.63) is 34.3 Å². The predicted molar refractivity (Wildman–Crippen MR) is 64.3 cm³/mol. The molecule has 0 aromatic heterocycles. The molecule has 0 fully saturated rings. The minimum atomic E-state index is -1.63. The van der Waals surface area contributed by atoms with Crippen molar-refractivity contribution in [2.45, 2.75) is 19.1 Å². The van der Waals surface area contributed by atoms with Gasteiger partial charge < -0.3 is 15.6 Å². The third-order valence-electron chi connectivity index (χ3n) is 2.23. The summed E-state index contributed by atoms with van der Waals surface area (Å²) < 4.78 is 5.59. The quantitative estimate of drug-likeness (QED) is 0.652. The molecule has 1 rings (SSSR count). The van der Waals surface area contributed by atoms with E-state index in [0.717, 1.165) is 10.0 Å². The first-order chi connectivity index (χ1) is 7.91. The summed E-state index contributed by atoms with van der Waals surface area (Å²) >= 11 is 3.29. The first-order valence-electron chi connectivity index (χ1n) is 4.86. The second kappa shape index (κ2) is 5.79. The van der Waals surface area contributed by atoms with Gasteiger partial charge in [-0.15, -0.1) is 0 Å². The Kier molecular flexibility index (Phi) is 4.65. The summed E-state index contributed by atoms with van der Waals surface area (Å²) in [5.41, 5.74) is 6.61. The SMILES string of the molecule is CC(OC(=O)C(=O)O)C(N)c1ccc(Br)cc1. The maximum Gasteiger partial charge on any atom is 0.417 e. The van der Waals surface area contributed by atoms with Crippen molar-refractivity contribution in [3.63, 3.8) is 0 Å². The maximum absolute atomic E-state index is 10.9. The number of carbonyl (C=O) groups is 2. The lowest BCUT2D eigenvalue weighted by Crippen LogP contribution is -2.31. The number of carbonyl (C=O) groups excluding carboxylic acids is 1. The fourth-order valence-corrected chi connectivity index (χ4v) is 1.51. The molecule has 0 saturated heterocycles. The molecule has 2 atom stereocenters. The summed E-state index contributed by atoms with van der Waals surface area (Å²) in [6, 6.07) is 6.60. The van der Waals surface area contributed by atoms with Gasteiger partial charge in [-0.05, 0) is 24.6 Å². The number of aliphatic carboxylic acids is 1. The molecule has 0 spiro atoms. The van der Waals surface area contributed by atoms with Crippen molar-refractivity contribution >= 4 is 27.9 Å². The van der Waals surface area contributed by atoms with Gasteiger partial charge in [-0.3, -0.25) is 0 Å². The Labute approximate surface area is 107 Å². The van der Waals surface area contributed by atoms with Gasteiger partial charge in [0, 0.05) is 4.47 Å². The van der Waals surface area contributed by atoms with Crippen LogP contribution in [-0.4, -0.2) is 23.1 Å². The van der Waals surface area contributed by atoms with Crippen LogP contribution in [0.4, 0.5) is 0 Å². The van der Waals surface area contributed by atoms with Gasteiger partial charge >= 0.3 is 11.9 Å². The van der Waals surface area contributed by atoms with Crippen molar-refractivity contribution < 1.29 is 19.4 Å². The molecule has 0 aliphatic rings. The molecule has 1 aromatic rings. The molecule has 0 bridgehead atoms. The number of nitrogens with two attached hydrogens (primary N) is 1. The number of hydrogen-bond donors (Lipinski definition) is 2. The highest BCUT2D eigenvalue weighted by molar-refractivity contribution is 9.10. The third kappa shape index (κ3) is 3.83. The predicted octanol–water partition coefficient (Wildman–Crippen LogP) is 1.47. The number of esters is 1. The summed E-state index contributed by atoms with van der Waals surface area (Å²) in [5, 5.41) is 8.40. The van der Waals surface area contributed by atoms with E-state index in [1.807, 2.05) is 0 Å². The zero-order valence-corrected chi connectivity index (χ0v) is 10.7. The highest BCUT2D eigenvalue weighted by Crippen LogP contribution is 2.19. The Hall–Kier alpha value is -1.40. The zero-order chi connectivity index (χ0) is 13.0. The first-order valence-corrected chi connectivity index (χ1v) is 5.66. The van der Waals surface area contributed by atoms with Crippen molar-refractivity contribution in [3.8, 4) is 0 Å². The Bertz CT molecular complexity index is 418. The maximum atomic E-state index is 10.9. The van der Waals surface area contributed by atoms with Gasteiger partial charge in [-0.2, -0.15) is 0 Å². The average Bonchev–Trinajstić information content (AvgIpc) is 2.28. The lowest BCUT2D eigenvalue weighted by Gasteiger charge is -2.19. The van der Waals surface area contributed by atoms with E-state index in [-0.39, 0.29) is 0 Å². The van der Waals surface area contributed by atoms with Crippen LogP contribution in [0.25, 0.3) is 0 Å². The van der Waals surface area contributed by atoms with E-state index >= 15 is 0 Å². The molecule has 17 heavy (non-hydrogen) atoms. The van der Waals surface area contributed by atoms with Gasteiger partial charge in [-0.25, -0.2) is 9.59 Å². The molecule has 92 valence electrons. The van der Waals surface area contributed by atoms with Crippen molar-refractivity contribution in [1.29, 1.82) is 0 Å². The van der Waals surface area contributed by atoms with Crippen molar-refractivity contribution in [2.75, 3.05) is 0 Å². The fourth-order valence-electron chi connectivity index (χ4n) is 1.25. The average molecular weight is 302 g/mol. The van der Waals surface area contributed by atoms with E-state index in [0.29, 0.717) is 0 Å². The summed E-state index contributed by atoms with van der Waals surface area (Å²) in [6.07, 6.45) is -0.709. The summed E-state index contributed by atoms with van der Waals surface area (Å²) in [4.78, 5) is 21.2. The Morgan fingerprint density at radius 2 is 1.88 bits per heavy atom. The Balaban J connectivity index is 2.69. The highest BCUT2D eigenvalue weighted by Gasteiger charge is 2.22. The van der Waals surface area contributed by atoms with Gasteiger partial charge in [0.15, 0.2) is 0 Å². The van der Waals surface area contributed by atoms with E-state index in [2.05, 4.69) is 20.7 Å². The van der Waals surface area contributed by atoms with Gasteiger partial charge in [0.1, 0.15) is 6.10 Å². The molecular formula is C11H12BrNO4. The number of carboxylic acids is 1. The van der Waals surface area contributed by atoms with Crippen LogP contribution in [0.15, 0.2) is 28.7 Å². The van der Waals surface area contributed by atoms with Crippen LogP contribution in [0, 0.1) is 0 Å². The number of carboxylic acid groups (broad SMARTS) is 1. The molecule has 0 saturated carbocycles. The monoisotopic (exact) mass is 301 g/mol. The van der Waals surface area contributed by atoms with Crippen molar-refractivity contribution in [1.82, 2.24) is 0 Å². The Morgan fingerprint density at radius 3 is 2.35 bits per heavy atom. The normalized spacial score (nSPS) is 13.8. The van der Waals surface area contributed by atoms with E-state index < -0.39 is 24.1 Å². The largest absolute Gasteiger partial charge is 0.473 e. The standard InChI is InChI=1S/C11H12BrNO4/c1-6(17-11(16)10(14)15)9(13)7-2-4-8(12)5-3-7/h2-6,9H,13H2,1H3,(H,14,15). The van der Waals surface area contributed by atoms with Crippen LogP contribution >= 0.6 is 15.9 Å². The minimum Gasteiger partial charge on any atom is -0.473 e. The van der Waals surface area contributed by atoms with Gasteiger partial charge in [0.2, 0.25) is 0 Å². The molecule has 1 aromatic carbocycles. The smallest absolute Gasteiger partial charge is 0.417 e. The molecule has 0 aliphatic heterocycles. The summed E-state index contributed by atoms with van der Waals surface area (Å²) in [7, 11) is 0. The van der Waals surface area contributed by atoms with Crippen LogP contribution in [0.3, 0.4) is 0 Å². The van der Waals surface area contributed by atoms with E-state index in [1.165, 1.54) is 0 Å². The van der Waals surface area contributed by atoms with Gasteiger partial charge in [0.05, 0.1) is 6.04 Å². The number of benzene rings is 1. The first kappa shape index (κ1) is 13.7. The zero-order valence-electron chi connectivity index (χ0n) is 9.09. The fraction of sp³-hybridized carbons (Fsp3) is 0.273. The van der Waals surface area contributed by atoms with E-state index in [1.54, 1.807) is 31.2 Å². The van der Waals surface area contributed by atoms with Crippen LogP contribution in [-0.2, 0) is 14.3 Å². The second-order valence-electron chi connectivity index (χ2n) is 3.49. The number of halogens is 1. The van der Waals surface area contributed by atoms with E-state index in [4.69, 9.17) is 10.8 Å². The van der Waals surface area contributed by atoms with Crippen molar-refractivity contribution in [2.24, 2.45) is 5.73 Å². The molecule has 5 nitrogen and oxygen atoms in total. The molecule has 0 heterocycles. The highest BCUT2D eigenvalue weighted by atomic mass is 79.9. The van der Waals surface area contributed by atoms with E-state index in [9.17, 15) is 9.59 Å². The molecule has 3 N–H and O–H groups in total. The molecule has 2 unspecified atom stereocenters. The number of ether oxygens (including phenoxy) is 1. The van der Waals surface area contributed by atoms with Crippen LogP contribution in [0.1, 0.15) is 18.5 Å².